The van der Waals surface area contributed by atoms with Crippen molar-refractivity contribution in [2.75, 3.05) is 6.54 Å². The first-order chi connectivity index (χ1) is 24.8. The molecule has 2 aromatic heterocycles. The fourth-order valence-electron chi connectivity index (χ4n) is 8.39. The van der Waals surface area contributed by atoms with Crippen LogP contribution in [0.1, 0.15) is 107 Å². The van der Waals surface area contributed by atoms with Crippen LogP contribution in [-0.2, 0) is 31.3 Å². The van der Waals surface area contributed by atoms with Gasteiger partial charge in [-0.15, -0.1) is 5.10 Å². The second-order valence-corrected chi connectivity index (χ2v) is 15.5. The Labute approximate surface area is 303 Å². The Balaban J connectivity index is 1.30. The van der Waals surface area contributed by atoms with Gasteiger partial charge in [-0.05, 0) is 63.5 Å². The number of nitrogens with zero attached hydrogens (tertiary/aromatic N) is 5. The fraction of sp³-hybridized carbons (Fsp3) is 0.579. The van der Waals surface area contributed by atoms with E-state index in [1.54, 1.807) is 24.6 Å². The molecule has 3 aromatic rings. The van der Waals surface area contributed by atoms with Crippen molar-refractivity contribution in [1.82, 2.24) is 35.5 Å². The second kappa shape index (κ2) is 15.5. The van der Waals surface area contributed by atoms with Gasteiger partial charge in [0.1, 0.15) is 23.2 Å². The van der Waals surface area contributed by atoms with Gasteiger partial charge in [-0.2, -0.15) is 0 Å². The van der Waals surface area contributed by atoms with Crippen LogP contribution in [0.2, 0.25) is 0 Å². The van der Waals surface area contributed by atoms with E-state index in [2.05, 4.69) is 25.9 Å². The number of hydrogen-bond acceptors (Lipinski definition) is 9. The normalized spacial score (nSPS) is 21.4. The molecule has 2 aliphatic carbocycles. The SMILES string of the molecule is CC(C)(O)c1cnnn1C[C@H]1C[C@@H](C(=O)NC2(C(=O)C(N)=O)CCCCC2)N(C(=O)[C@@H](CC2CCCCC2)NC(=O)c2cnc3ccccc3c2)C1. The average Bonchev–Trinajstić information content (AvgIpc) is 3.79. The minimum Gasteiger partial charge on any atom is -0.384 e. The molecule has 3 atom stereocenters. The number of primary amides is 1. The Morgan fingerprint density at radius 3 is 2.42 bits per heavy atom. The maximum Gasteiger partial charge on any atom is 0.287 e. The highest BCUT2D eigenvalue weighted by Gasteiger charge is 2.48. The molecular weight excluding hydrogens is 664 g/mol. The van der Waals surface area contributed by atoms with E-state index in [9.17, 15) is 29.1 Å². The number of nitrogens with two attached hydrogens (primary N) is 1. The zero-order valence-electron chi connectivity index (χ0n) is 30.1. The Hall–Kier alpha value is -4.72. The van der Waals surface area contributed by atoms with Crippen LogP contribution in [0.25, 0.3) is 10.9 Å². The van der Waals surface area contributed by atoms with Crippen molar-refractivity contribution >= 4 is 40.3 Å². The molecule has 0 spiro atoms. The van der Waals surface area contributed by atoms with Crippen LogP contribution in [0.5, 0.6) is 0 Å². The van der Waals surface area contributed by atoms with Crippen LogP contribution in [0.3, 0.4) is 0 Å². The number of likely N-dealkylation sites (tertiary alicyclic amines) is 1. The average molecular weight is 715 g/mol. The van der Waals surface area contributed by atoms with E-state index in [0.29, 0.717) is 30.5 Å². The topological polar surface area (TPSA) is 202 Å². The van der Waals surface area contributed by atoms with E-state index in [0.717, 1.165) is 49.4 Å². The molecule has 3 fully saturated rings. The Bertz CT molecular complexity index is 1810. The summed E-state index contributed by atoms with van der Waals surface area (Å²) in [5.41, 5.74) is 4.36. The molecule has 1 aliphatic heterocycles. The number of para-hydroxylation sites is 1. The van der Waals surface area contributed by atoms with Gasteiger partial charge in [0.25, 0.3) is 11.8 Å². The number of rotatable bonds is 12. The summed E-state index contributed by atoms with van der Waals surface area (Å²) in [6.45, 7) is 3.69. The number of aliphatic hydroxyl groups is 1. The van der Waals surface area contributed by atoms with Gasteiger partial charge in [0.15, 0.2) is 0 Å². The maximum atomic E-state index is 14.8. The van der Waals surface area contributed by atoms with Gasteiger partial charge in [-0.3, -0.25) is 29.0 Å². The lowest BCUT2D eigenvalue weighted by atomic mass is 9.78. The summed E-state index contributed by atoms with van der Waals surface area (Å²) >= 11 is 0. The molecular formula is C38H50N8O6. The Kier molecular flexibility index (Phi) is 11.0. The molecule has 278 valence electrons. The van der Waals surface area contributed by atoms with E-state index < -0.39 is 52.6 Å². The summed E-state index contributed by atoms with van der Waals surface area (Å²) in [5.74, 6) is -3.39. The Morgan fingerprint density at radius 1 is 1.00 bits per heavy atom. The summed E-state index contributed by atoms with van der Waals surface area (Å²) < 4.78 is 1.58. The molecule has 0 bridgehead atoms. The number of aromatic nitrogens is 4. The van der Waals surface area contributed by atoms with Crippen molar-refractivity contribution in [2.24, 2.45) is 17.6 Å². The smallest absolute Gasteiger partial charge is 0.287 e. The molecule has 0 radical (unpaired) electrons. The highest BCUT2D eigenvalue weighted by molar-refractivity contribution is 6.39. The zero-order chi connectivity index (χ0) is 37.0. The van der Waals surface area contributed by atoms with Gasteiger partial charge >= 0.3 is 0 Å². The molecule has 5 N–H and O–H groups in total. The van der Waals surface area contributed by atoms with Crippen LogP contribution in [0.15, 0.2) is 42.7 Å². The third kappa shape index (κ3) is 8.16. The monoisotopic (exact) mass is 714 g/mol. The lowest BCUT2D eigenvalue weighted by molar-refractivity contribution is -0.145. The van der Waals surface area contributed by atoms with Crippen molar-refractivity contribution in [1.29, 1.82) is 0 Å². The molecule has 2 saturated carbocycles. The number of ketones is 1. The van der Waals surface area contributed by atoms with Gasteiger partial charge in [-0.1, -0.05) is 74.8 Å². The summed E-state index contributed by atoms with van der Waals surface area (Å²) in [4.78, 5) is 74.3. The number of benzene rings is 1. The summed E-state index contributed by atoms with van der Waals surface area (Å²) in [5, 5.41) is 25.6. The highest BCUT2D eigenvalue weighted by Crippen LogP contribution is 2.34. The number of carbonyl (C=O) groups is 5. The summed E-state index contributed by atoms with van der Waals surface area (Å²) in [7, 11) is 0. The molecule has 6 rings (SSSR count). The van der Waals surface area contributed by atoms with Gasteiger partial charge in [0, 0.05) is 24.7 Å². The van der Waals surface area contributed by atoms with Crippen molar-refractivity contribution in [3.63, 3.8) is 0 Å². The van der Waals surface area contributed by atoms with Crippen LogP contribution < -0.4 is 16.4 Å². The zero-order valence-corrected chi connectivity index (χ0v) is 30.1. The molecule has 1 aromatic carbocycles. The molecule has 14 heteroatoms. The van der Waals surface area contributed by atoms with E-state index in [-0.39, 0.29) is 44.2 Å². The summed E-state index contributed by atoms with van der Waals surface area (Å²) in [6, 6.07) is 7.30. The molecule has 0 unspecified atom stereocenters. The number of fused-ring (bicyclic) bond motifs is 1. The number of hydrogen-bond donors (Lipinski definition) is 4. The Morgan fingerprint density at radius 2 is 1.71 bits per heavy atom. The molecule has 3 aliphatic rings. The first-order valence-electron chi connectivity index (χ1n) is 18.6. The number of carbonyl (C=O) groups excluding carboxylic acids is 5. The minimum absolute atomic E-state index is 0.160. The van der Waals surface area contributed by atoms with Crippen LogP contribution in [-0.4, -0.2) is 83.6 Å². The first kappa shape index (κ1) is 37.1. The predicted octanol–water partition coefficient (Wildman–Crippen LogP) is 2.91. The third-order valence-electron chi connectivity index (χ3n) is 11.1. The predicted molar refractivity (Wildman–Crippen MR) is 191 cm³/mol. The fourth-order valence-corrected chi connectivity index (χ4v) is 8.39. The number of Topliss-reactive ketones (excluding diaryl/α,β-unsaturated/α-hetero) is 1. The molecule has 4 amide bonds. The molecule has 3 heterocycles. The van der Waals surface area contributed by atoms with E-state index in [1.807, 2.05) is 24.3 Å². The van der Waals surface area contributed by atoms with Crippen molar-refractivity contribution in [3.8, 4) is 0 Å². The van der Waals surface area contributed by atoms with E-state index in [4.69, 9.17) is 5.73 Å². The number of nitrogens with one attached hydrogen (secondary N) is 2. The van der Waals surface area contributed by atoms with Crippen LogP contribution >= 0.6 is 0 Å². The third-order valence-corrected chi connectivity index (χ3v) is 11.1. The van der Waals surface area contributed by atoms with Crippen LogP contribution in [0, 0.1) is 11.8 Å². The van der Waals surface area contributed by atoms with Crippen molar-refractivity contribution < 1.29 is 29.1 Å². The van der Waals surface area contributed by atoms with E-state index in [1.165, 1.54) is 17.3 Å². The quantitative estimate of drug-likeness (QED) is 0.204. The molecule has 1 saturated heterocycles. The standard InChI is InChI=1S/C38H50N8O6/c1-37(2,52)31-21-41-44-46(31)23-25-18-30(35(50)43-38(32(47)33(39)48)15-9-4-10-16-38)45(22-25)36(51)29(17-24-11-5-3-6-12-24)42-34(49)27-19-26-13-7-8-14-28(26)40-20-27/h7-8,13-14,19-21,24-25,29-30,52H,3-6,9-12,15-18,22-23H2,1-2H3,(H2,39,48)(H,42,49)(H,43,50)/t25-,29+,30-/m0/s1. The highest BCUT2D eigenvalue weighted by atomic mass is 16.3. The first-order valence-corrected chi connectivity index (χ1v) is 18.6. The van der Waals surface area contributed by atoms with Gasteiger partial charge in [0.05, 0.1) is 23.0 Å². The van der Waals surface area contributed by atoms with E-state index >= 15 is 0 Å². The van der Waals surface area contributed by atoms with Crippen LogP contribution in [0.4, 0.5) is 0 Å². The lowest BCUT2D eigenvalue weighted by Gasteiger charge is -2.38. The minimum atomic E-state index is -1.44. The lowest BCUT2D eigenvalue weighted by Crippen LogP contribution is -2.62. The maximum absolute atomic E-state index is 14.8. The largest absolute Gasteiger partial charge is 0.384 e. The van der Waals surface area contributed by atoms with Gasteiger partial charge in [-0.25, -0.2) is 4.68 Å². The van der Waals surface area contributed by atoms with Gasteiger partial charge in [0.2, 0.25) is 17.6 Å². The van der Waals surface area contributed by atoms with Crippen molar-refractivity contribution in [3.05, 3.63) is 54.0 Å². The molecule has 52 heavy (non-hydrogen) atoms. The van der Waals surface area contributed by atoms with Crippen molar-refractivity contribution in [2.45, 2.75) is 121 Å². The summed E-state index contributed by atoms with van der Waals surface area (Å²) in [6.07, 6.45) is 11.4. The van der Waals surface area contributed by atoms with Gasteiger partial charge < -0.3 is 26.4 Å². The molecule has 14 nitrogen and oxygen atoms in total. The number of pyridine rings is 1. The second-order valence-electron chi connectivity index (χ2n) is 15.5. The number of amides is 4.